The van der Waals surface area contributed by atoms with Gasteiger partial charge >= 0.3 is 5.97 Å². The number of carboxylic acid groups (broad SMARTS) is 1. The molecule has 0 amide bonds. The summed E-state index contributed by atoms with van der Waals surface area (Å²) in [5.41, 5.74) is 0.454. The average molecular weight is 242 g/mol. The lowest BCUT2D eigenvalue weighted by atomic mass is 10.1. The summed E-state index contributed by atoms with van der Waals surface area (Å²) in [7, 11) is 0. The fourth-order valence-electron chi connectivity index (χ4n) is 0.967. The molecule has 0 unspecified atom stereocenters. The molecule has 0 bridgehead atoms. The number of carbonyl (C=O) groups is 1. The lowest BCUT2D eigenvalue weighted by Crippen LogP contribution is -1.91. The summed E-state index contributed by atoms with van der Waals surface area (Å²) in [6.45, 7) is 0. The number of rotatable bonds is 2. The number of allylic oxidation sites excluding steroid dienone is 1. The van der Waals surface area contributed by atoms with Crippen LogP contribution in [0.4, 0.5) is 0 Å². The Kier molecular flexibility index (Phi) is 3.73. The van der Waals surface area contributed by atoms with Gasteiger partial charge < -0.3 is 5.11 Å². The Bertz CT molecular complexity index is 475. The normalized spacial score (nSPS) is 10.9. The second-order valence-electron chi connectivity index (χ2n) is 2.64. The van der Waals surface area contributed by atoms with Crippen LogP contribution in [0.1, 0.15) is 5.56 Å². The second kappa shape index (κ2) is 4.83. The lowest BCUT2D eigenvalue weighted by Gasteiger charge is -2.00. The average Bonchev–Trinajstić information content (AvgIpc) is 2.18. The third-order valence-corrected chi connectivity index (χ3v) is 2.36. The van der Waals surface area contributed by atoms with E-state index in [4.69, 9.17) is 33.6 Å². The molecule has 1 aromatic carbocycles. The zero-order valence-electron chi connectivity index (χ0n) is 7.37. The van der Waals surface area contributed by atoms with Crippen molar-refractivity contribution in [3.05, 3.63) is 39.9 Å². The third-order valence-electron chi connectivity index (χ3n) is 1.62. The van der Waals surface area contributed by atoms with Crippen molar-refractivity contribution in [2.45, 2.75) is 0 Å². The number of halogens is 2. The first-order chi connectivity index (χ1) is 7.04. The number of benzene rings is 1. The van der Waals surface area contributed by atoms with Crippen molar-refractivity contribution in [2.24, 2.45) is 0 Å². The minimum Gasteiger partial charge on any atom is -0.478 e. The molecule has 0 aliphatic carbocycles. The van der Waals surface area contributed by atoms with E-state index in [1.54, 1.807) is 6.07 Å². The molecule has 5 heteroatoms. The molecule has 0 heterocycles. The molecule has 0 saturated carbocycles. The topological polar surface area (TPSA) is 61.1 Å². The van der Waals surface area contributed by atoms with Crippen LogP contribution >= 0.6 is 23.2 Å². The van der Waals surface area contributed by atoms with Crippen molar-refractivity contribution in [3.63, 3.8) is 0 Å². The molecule has 0 spiro atoms. The Morgan fingerprint density at radius 2 is 2.07 bits per heavy atom. The van der Waals surface area contributed by atoms with Crippen LogP contribution in [0.15, 0.2) is 24.3 Å². The molecule has 0 fully saturated rings. The van der Waals surface area contributed by atoms with Crippen LogP contribution in [0.3, 0.4) is 0 Å². The SMILES string of the molecule is N#CC(=CC(=O)O)c1ccc(Cl)c(Cl)c1. The Morgan fingerprint density at radius 3 is 2.53 bits per heavy atom. The number of carboxylic acids is 1. The van der Waals surface area contributed by atoms with E-state index in [0.717, 1.165) is 6.08 Å². The van der Waals surface area contributed by atoms with Gasteiger partial charge in [-0.05, 0) is 17.7 Å². The number of hydrogen-bond donors (Lipinski definition) is 1. The molecule has 1 rings (SSSR count). The van der Waals surface area contributed by atoms with Crippen LogP contribution in [0.25, 0.3) is 5.57 Å². The van der Waals surface area contributed by atoms with Gasteiger partial charge in [-0.1, -0.05) is 29.3 Å². The van der Waals surface area contributed by atoms with Crippen molar-refractivity contribution in [3.8, 4) is 6.07 Å². The molecule has 0 aromatic heterocycles. The van der Waals surface area contributed by atoms with Crippen molar-refractivity contribution in [1.82, 2.24) is 0 Å². The minimum atomic E-state index is -1.18. The molecular formula is C10H5Cl2NO2. The van der Waals surface area contributed by atoms with Gasteiger partial charge in [0.05, 0.1) is 15.6 Å². The fourth-order valence-corrected chi connectivity index (χ4v) is 1.27. The van der Waals surface area contributed by atoms with Crippen LogP contribution in [-0.2, 0) is 4.79 Å². The maximum atomic E-state index is 10.4. The minimum absolute atomic E-state index is 0.0288. The second-order valence-corrected chi connectivity index (χ2v) is 3.45. The smallest absolute Gasteiger partial charge is 0.329 e. The molecule has 3 nitrogen and oxygen atoms in total. The first-order valence-corrected chi connectivity index (χ1v) is 4.60. The van der Waals surface area contributed by atoms with Crippen LogP contribution < -0.4 is 0 Å². The van der Waals surface area contributed by atoms with Gasteiger partial charge in [0.2, 0.25) is 0 Å². The molecule has 15 heavy (non-hydrogen) atoms. The van der Waals surface area contributed by atoms with Crippen molar-refractivity contribution >= 4 is 34.7 Å². The quantitative estimate of drug-likeness (QED) is 0.640. The van der Waals surface area contributed by atoms with Crippen molar-refractivity contribution in [2.75, 3.05) is 0 Å². The zero-order chi connectivity index (χ0) is 11.4. The molecule has 0 aliphatic rings. The molecule has 0 atom stereocenters. The van der Waals surface area contributed by atoms with Gasteiger partial charge in [0.25, 0.3) is 0 Å². The Morgan fingerprint density at radius 1 is 1.40 bits per heavy atom. The Labute approximate surface area is 96.2 Å². The first-order valence-electron chi connectivity index (χ1n) is 3.84. The predicted octanol–water partition coefficient (Wildman–Crippen LogP) is 2.98. The van der Waals surface area contributed by atoms with E-state index >= 15 is 0 Å². The predicted molar refractivity (Wildman–Crippen MR) is 57.7 cm³/mol. The van der Waals surface area contributed by atoms with E-state index in [1.165, 1.54) is 18.2 Å². The number of nitriles is 1. The summed E-state index contributed by atoms with van der Waals surface area (Å²) in [6.07, 6.45) is 0.819. The summed E-state index contributed by atoms with van der Waals surface area (Å²) in [4.78, 5) is 10.4. The van der Waals surface area contributed by atoms with Crippen LogP contribution in [0.5, 0.6) is 0 Å². The number of hydrogen-bond acceptors (Lipinski definition) is 2. The number of aliphatic carboxylic acids is 1. The van der Waals surface area contributed by atoms with E-state index in [0.29, 0.717) is 10.6 Å². The lowest BCUT2D eigenvalue weighted by molar-refractivity contribution is -0.131. The molecular weight excluding hydrogens is 237 g/mol. The number of nitrogens with zero attached hydrogens (tertiary/aromatic N) is 1. The van der Waals surface area contributed by atoms with Gasteiger partial charge in [0.1, 0.15) is 6.07 Å². The van der Waals surface area contributed by atoms with Gasteiger partial charge in [-0.2, -0.15) is 5.26 Å². The monoisotopic (exact) mass is 241 g/mol. The Hall–Kier alpha value is -1.50. The van der Waals surface area contributed by atoms with Gasteiger partial charge in [-0.3, -0.25) is 0 Å². The summed E-state index contributed by atoms with van der Waals surface area (Å²) in [6, 6.07) is 6.26. The highest BCUT2D eigenvalue weighted by Crippen LogP contribution is 2.25. The van der Waals surface area contributed by atoms with E-state index in [9.17, 15) is 4.79 Å². The van der Waals surface area contributed by atoms with E-state index in [2.05, 4.69) is 0 Å². The molecule has 1 N–H and O–H groups in total. The highest BCUT2D eigenvalue weighted by molar-refractivity contribution is 6.42. The Balaban J connectivity index is 3.21. The van der Waals surface area contributed by atoms with Crippen molar-refractivity contribution < 1.29 is 9.90 Å². The highest BCUT2D eigenvalue weighted by atomic mass is 35.5. The fraction of sp³-hybridized carbons (Fsp3) is 0. The van der Waals surface area contributed by atoms with Gasteiger partial charge in [-0.15, -0.1) is 0 Å². The largest absolute Gasteiger partial charge is 0.478 e. The van der Waals surface area contributed by atoms with Gasteiger partial charge in [-0.25, -0.2) is 4.79 Å². The molecule has 76 valence electrons. The molecule has 0 aliphatic heterocycles. The zero-order valence-corrected chi connectivity index (χ0v) is 8.88. The van der Waals surface area contributed by atoms with Crippen LogP contribution in [0, 0.1) is 11.3 Å². The highest BCUT2D eigenvalue weighted by Gasteiger charge is 2.05. The third kappa shape index (κ3) is 2.98. The van der Waals surface area contributed by atoms with Crippen molar-refractivity contribution in [1.29, 1.82) is 5.26 Å². The first kappa shape index (κ1) is 11.6. The molecule has 1 aromatic rings. The summed E-state index contributed by atoms with van der Waals surface area (Å²) in [5.74, 6) is -1.18. The standard InChI is InChI=1S/C10H5Cl2NO2/c11-8-2-1-6(3-9(8)12)7(5-13)4-10(14)15/h1-4H,(H,14,15). The van der Waals surface area contributed by atoms with E-state index < -0.39 is 5.97 Å². The van der Waals surface area contributed by atoms with Crippen LogP contribution in [0.2, 0.25) is 10.0 Å². The van der Waals surface area contributed by atoms with Gasteiger partial charge in [0, 0.05) is 6.08 Å². The molecule has 0 saturated heterocycles. The van der Waals surface area contributed by atoms with E-state index in [1.807, 2.05) is 0 Å². The maximum Gasteiger partial charge on any atom is 0.329 e. The van der Waals surface area contributed by atoms with E-state index in [-0.39, 0.29) is 10.6 Å². The molecule has 0 radical (unpaired) electrons. The van der Waals surface area contributed by atoms with Crippen LogP contribution in [-0.4, -0.2) is 11.1 Å². The summed E-state index contributed by atoms with van der Waals surface area (Å²) >= 11 is 11.4. The summed E-state index contributed by atoms with van der Waals surface area (Å²) in [5, 5.41) is 17.9. The van der Waals surface area contributed by atoms with Gasteiger partial charge in [0.15, 0.2) is 0 Å². The maximum absolute atomic E-state index is 10.4. The summed E-state index contributed by atoms with van der Waals surface area (Å²) < 4.78 is 0.